The summed E-state index contributed by atoms with van der Waals surface area (Å²) in [4.78, 5) is 7.14. The van der Waals surface area contributed by atoms with E-state index >= 15 is 0 Å². The lowest BCUT2D eigenvalue weighted by molar-refractivity contribution is 0.434. The van der Waals surface area contributed by atoms with E-state index in [0.29, 0.717) is 0 Å². The molecule has 4 aliphatic heterocycles. The third kappa shape index (κ3) is 9.78. The van der Waals surface area contributed by atoms with Gasteiger partial charge in [0.1, 0.15) is 23.0 Å². The van der Waals surface area contributed by atoms with Gasteiger partial charge in [-0.3, -0.25) is 0 Å². The number of rotatable bonds is 8. The van der Waals surface area contributed by atoms with Gasteiger partial charge in [0.25, 0.3) is 0 Å². The van der Waals surface area contributed by atoms with Crippen molar-refractivity contribution in [1.82, 2.24) is 13.7 Å². The van der Waals surface area contributed by atoms with Crippen molar-refractivity contribution in [3.8, 4) is 40.1 Å². The number of ether oxygens (including phenoxy) is 2. The van der Waals surface area contributed by atoms with Crippen molar-refractivity contribution in [3.05, 3.63) is 481 Å². The molecule has 25 rings (SSSR count). The Morgan fingerprint density at radius 1 is 0.178 bits per heavy atom. The first kappa shape index (κ1) is 66.9. The van der Waals surface area contributed by atoms with Crippen LogP contribution in [0.5, 0.6) is 23.0 Å². The van der Waals surface area contributed by atoms with Crippen LogP contribution in [0, 0.1) is 0 Å². The largest absolute Gasteiger partial charge is 0.457 e. The molecule has 3 aromatic heterocycles. The molecule has 0 fully saturated rings. The van der Waals surface area contributed by atoms with E-state index in [0.717, 1.165) is 136 Å². The molecule has 7 heterocycles. The summed E-state index contributed by atoms with van der Waals surface area (Å²) < 4.78 is 21.3. The highest BCUT2D eigenvalue weighted by molar-refractivity contribution is 6.14. The number of aromatic nitrogens is 3. The zero-order chi connectivity index (χ0) is 77.6. The average molecular weight is 1510 g/mol. The topological polar surface area (TPSA) is 43.0 Å². The fourth-order valence-corrected chi connectivity index (χ4v) is 20.2. The molecule has 0 unspecified atom stereocenters. The summed E-state index contributed by atoms with van der Waals surface area (Å²) in [7, 11) is 0. The normalized spacial score (nSPS) is 13.5. The first-order chi connectivity index (χ1) is 58.6. The smallest absolute Gasteiger partial charge is 0.134 e. The first-order valence-corrected chi connectivity index (χ1v) is 40.5. The van der Waals surface area contributed by atoms with Crippen molar-refractivity contribution in [2.75, 3.05) is 14.7 Å². The van der Waals surface area contributed by atoms with Gasteiger partial charge >= 0.3 is 0 Å². The van der Waals surface area contributed by atoms with Gasteiger partial charge < -0.3 is 37.9 Å². The predicted molar refractivity (Wildman–Crippen MR) is 484 cm³/mol. The molecule has 0 N–H and O–H groups in total. The Morgan fingerprint density at radius 2 is 0.466 bits per heavy atom. The molecule has 8 heteroatoms. The zero-order valence-electron chi connectivity index (χ0n) is 64.1. The first-order valence-electron chi connectivity index (χ1n) is 40.5. The van der Waals surface area contributed by atoms with E-state index in [1.807, 2.05) is 0 Å². The molecular formula is C110H72N6O2. The molecule has 0 saturated carbocycles. The molecule has 554 valence electrons. The Bertz CT molecular complexity index is 7450. The van der Waals surface area contributed by atoms with E-state index in [-0.39, 0.29) is 0 Å². The van der Waals surface area contributed by atoms with Crippen LogP contribution in [-0.4, -0.2) is 13.7 Å². The third-order valence-corrected chi connectivity index (χ3v) is 24.9. The number of nitrogens with zero attached hydrogens (tertiary/aromatic N) is 6. The van der Waals surface area contributed by atoms with E-state index in [4.69, 9.17) is 9.47 Å². The van der Waals surface area contributed by atoms with Gasteiger partial charge in [-0.2, -0.15) is 0 Å². The average Bonchev–Trinajstić information content (AvgIpc) is 0.843. The van der Waals surface area contributed by atoms with Crippen LogP contribution in [0.3, 0.4) is 0 Å². The second kappa shape index (κ2) is 26.5. The van der Waals surface area contributed by atoms with E-state index < -0.39 is 10.8 Å². The van der Waals surface area contributed by atoms with E-state index in [2.05, 4.69) is 465 Å². The lowest BCUT2D eigenvalue weighted by atomic mass is 9.61. The van der Waals surface area contributed by atoms with Crippen molar-refractivity contribution in [3.63, 3.8) is 0 Å². The van der Waals surface area contributed by atoms with E-state index in [1.165, 1.54) is 65.6 Å². The number of anilines is 9. The van der Waals surface area contributed by atoms with Crippen LogP contribution in [-0.2, 0) is 10.8 Å². The fraction of sp³-hybridized carbons (Fsp3) is 0.0182. The van der Waals surface area contributed by atoms with Crippen LogP contribution < -0.4 is 24.2 Å². The van der Waals surface area contributed by atoms with Gasteiger partial charge in [-0.25, -0.2) is 0 Å². The van der Waals surface area contributed by atoms with Gasteiger partial charge in [-0.05, 0) is 192 Å². The monoisotopic (exact) mass is 1510 g/mol. The summed E-state index contributed by atoms with van der Waals surface area (Å²) in [5.74, 6) is 3.45. The maximum atomic E-state index is 7.09. The fourth-order valence-electron chi connectivity index (χ4n) is 20.2. The Kier molecular flexibility index (Phi) is 15.0. The quantitative estimate of drug-likeness (QED) is 0.152. The van der Waals surface area contributed by atoms with Crippen LogP contribution in [0.1, 0.15) is 44.5 Å². The molecule has 2 spiro atoms. The van der Waals surface area contributed by atoms with Crippen LogP contribution in [0.15, 0.2) is 437 Å². The van der Waals surface area contributed by atoms with Gasteiger partial charge in [0.05, 0.1) is 66.7 Å². The molecule has 0 atom stereocenters. The van der Waals surface area contributed by atoms with Crippen molar-refractivity contribution in [1.29, 1.82) is 0 Å². The second-order valence-corrected chi connectivity index (χ2v) is 31.0. The zero-order valence-corrected chi connectivity index (χ0v) is 64.1. The van der Waals surface area contributed by atoms with E-state index in [9.17, 15) is 0 Å². The molecule has 0 bridgehead atoms. The minimum atomic E-state index is -0.655. The number of fused-ring (bicyclic) bond motifs is 25. The van der Waals surface area contributed by atoms with Gasteiger partial charge in [-0.1, -0.05) is 255 Å². The summed E-state index contributed by atoms with van der Waals surface area (Å²) >= 11 is 0. The van der Waals surface area contributed by atoms with Gasteiger partial charge in [0, 0.05) is 112 Å². The number of para-hydroxylation sites is 14. The highest BCUT2D eigenvalue weighted by atomic mass is 16.5. The third-order valence-electron chi connectivity index (χ3n) is 24.9. The maximum Gasteiger partial charge on any atom is 0.134 e. The second-order valence-electron chi connectivity index (χ2n) is 31.0. The van der Waals surface area contributed by atoms with Crippen LogP contribution in [0.25, 0.3) is 82.5 Å². The number of benzene rings is 18. The van der Waals surface area contributed by atoms with Crippen LogP contribution in [0.4, 0.5) is 51.2 Å². The van der Waals surface area contributed by atoms with Crippen LogP contribution in [0.2, 0.25) is 0 Å². The SMILES string of the molecule is c1ccc(N(c2ccccc2)c2ccc(-n3c4ccccc4c4cc5c(cc43)Oc3ccccc3C53c4ccccc4N(c4ccccc4)c4ccccc43)cc2)cc1.c1ccc(N2c3ccccc3C3(c4ccccc4Oc4cc5c(cc43)c3ccccc3n5-c3ccc4c(c3)c3ccccc3n4-c3ccccc3)c3ccccc32)cc1. The minimum absolute atomic E-state index is 0.653. The summed E-state index contributed by atoms with van der Waals surface area (Å²) in [6.07, 6.45) is 0. The van der Waals surface area contributed by atoms with Gasteiger partial charge in [-0.15, -0.1) is 0 Å². The lowest BCUT2D eigenvalue weighted by Crippen LogP contribution is -2.39. The van der Waals surface area contributed by atoms with E-state index in [1.54, 1.807) is 0 Å². The minimum Gasteiger partial charge on any atom is -0.457 e. The Hall–Kier alpha value is -15.6. The highest BCUT2D eigenvalue weighted by Gasteiger charge is 2.53. The predicted octanol–water partition coefficient (Wildman–Crippen LogP) is 28.7. The Morgan fingerprint density at radius 3 is 0.881 bits per heavy atom. The van der Waals surface area contributed by atoms with Crippen molar-refractivity contribution < 1.29 is 9.47 Å². The summed E-state index contributed by atoms with van der Waals surface area (Å²) in [6, 6.07) is 158. The van der Waals surface area contributed by atoms with Crippen molar-refractivity contribution in [2.45, 2.75) is 10.8 Å². The highest BCUT2D eigenvalue weighted by Crippen LogP contribution is 2.66. The molecule has 0 radical (unpaired) electrons. The number of hydrogen-bond acceptors (Lipinski definition) is 5. The molecule has 18 aromatic carbocycles. The van der Waals surface area contributed by atoms with Gasteiger partial charge in [0.15, 0.2) is 0 Å². The summed E-state index contributed by atoms with van der Waals surface area (Å²) in [6.45, 7) is 0. The Labute approximate surface area is 682 Å². The molecule has 0 amide bonds. The van der Waals surface area contributed by atoms with Crippen molar-refractivity contribution in [2.24, 2.45) is 0 Å². The summed E-state index contributed by atoms with van der Waals surface area (Å²) in [5.41, 5.74) is 28.6. The lowest BCUT2D eigenvalue weighted by Gasteiger charge is -2.48. The standard InChI is InChI=1S/C55H35N3O.C55H37N3O/c1-3-17-36(18-4-1)56-47-26-12-7-21-39(47)41-33-38(31-32-49(41)56)58-48-27-13-8-22-40(48)42-34-46-54(35-52(42)58)59-53-30-16-11-25-45(53)55(46)43-23-9-14-28-50(43)57(37-19-5-2-6-20-37)51-29-15-10-24-44(51)55;1-4-18-38(19-5-1)56(39-20-6-2-7-21-39)41-32-34-42(35-33-41)57-49-28-14-10-24-43(49)44-36-48-54(37-52(44)57)59-53-31-17-13-27-47(53)55(48)45-25-11-15-29-50(45)58(40-22-8-3-9-23-40)51-30-16-12-26-46(51)55/h1-35H;1-37H. The van der Waals surface area contributed by atoms with Crippen LogP contribution >= 0.6 is 0 Å². The molecule has 118 heavy (non-hydrogen) atoms. The number of hydrogen-bond donors (Lipinski definition) is 0. The van der Waals surface area contributed by atoms with Crippen molar-refractivity contribution >= 4 is 117 Å². The Balaban J connectivity index is 0.000000135. The molecule has 0 saturated heterocycles. The molecule has 8 nitrogen and oxygen atoms in total. The molecule has 4 aliphatic rings. The van der Waals surface area contributed by atoms with Gasteiger partial charge in [0.2, 0.25) is 0 Å². The molecule has 0 aliphatic carbocycles. The molecule has 21 aromatic rings. The summed E-state index contributed by atoms with van der Waals surface area (Å²) in [5, 5.41) is 7.22. The maximum absolute atomic E-state index is 7.09. The molecular weight excluding hydrogens is 1440 g/mol.